The third-order valence-electron chi connectivity index (χ3n) is 5.23. The maximum Gasteiger partial charge on any atom is 0.469 e. The molecular formula is C14H30F3NOSi2. The van der Waals surface area contributed by atoms with E-state index in [0.29, 0.717) is 0 Å². The summed E-state index contributed by atoms with van der Waals surface area (Å²) in [6, 6.07) is 0. The summed E-state index contributed by atoms with van der Waals surface area (Å²) in [5.74, 6) is -1.65. The van der Waals surface area contributed by atoms with Gasteiger partial charge in [-0.3, -0.25) is 4.79 Å². The summed E-state index contributed by atoms with van der Waals surface area (Å²) in [6.07, 6.45) is -4.81. The molecular weight excluding hydrogens is 311 g/mol. The molecule has 1 amide bonds. The lowest BCUT2D eigenvalue weighted by Crippen LogP contribution is -2.72. The number of hydrogen-bond donors (Lipinski definition) is 0. The highest BCUT2D eigenvalue weighted by atomic mass is 28.4. The Morgan fingerprint density at radius 1 is 0.762 bits per heavy atom. The lowest BCUT2D eigenvalue weighted by molar-refractivity contribution is -0.177. The second-order valence-corrected chi connectivity index (χ2v) is 19.3. The number of carbonyl (C=O) groups excluding carboxylic acids is 1. The first kappa shape index (κ1) is 20.7. The lowest BCUT2D eigenvalue weighted by atomic mass is 10.2. The quantitative estimate of drug-likeness (QED) is 0.617. The molecule has 0 saturated carbocycles. The van der Waals surface area contributed by atoms with Crippen LogP contribution in [-0.2, 0) is 4.79 Å². The van der Waals surface area contributed by atoms with Gasteiger partial charge in [0.25, 0.3) is 0 Å². The van der Waals surface area contributed by atoms with E-state index in [-0.39, 0.29) is 10.1 Å². The molecule has 0 bridgehead atoms. The minimum absolute atomic E-state index is 0.330. The van der Waals surface area contributed by atoms with Gasteiger partial charge in [0, 0.05) is 0 Å². The number of hydrogen-bond acceptors (Lipinski definition) is 1. The van der Waals surface area contributed by atoms with Gasteiger partial charge < -0.3 is 4.23 Å². The van der Waals surface area contributed by atoms with Crippen LogP contribution in [0.1, 0.15) is 41.5 Å². The van der Waals surface area contributed by atoms with Gasteiger partial charge in [-0.2, -0.15) is 13.2 Å². The normalized spacial score (nSPS) is 15.1. The van der Waals surface area contributed by atoms with Crippen molar-refractivity contribution in [2.45, 2.75) is 84.0 Å². The van der Waals surface area contributed by atoms with Gasteiger partial charge in [-0.25, -0.2) is 0 Å². The molecule has 0 fully saturated rings. The van der Waals surface area contributed by atoms with Crippen molar-refractivity contribution in [1.82, 2.24) is 4.23 Å². The number of alkyl halides is 3. The number of rotatable bonds is 2. The first-order valence-corrected chi connectivity index (χ1v) is 13.1. The van der Waals surface area contributed by atoms with Crippen molar-refractivity contribution in [2.24, 2.45) is 0 Å². The van der Waals surface area contributed by atoms with E-state index in [9.17, 15) is 18.0 Å². The highest BCUT2D eigenvalue weighted by molar-refractivity contribution is 6.95. The first-order chi connectivity index (χ1) is 8.78. The van der Waals surface area contributed by atoms with Crippen molar-refractivity contribution in [3.8, 4) is 0 Å². The number of nitrogens with zero attached hydrogens (tertiary/aromatic N) is 1. The molecule has 0 N–H and O–H groups in total. The fourth-order valence-electron chi connectivity index (χ4n) is 2.00. The maximum absolute atomic E-state index is 13.2. The van der Waals surface area contributed by atoms with Crippen LogP contribution in [0.3, 0.4) is 0 Å². The minimum Gasteiger partial charge on any atom is -0.387 e. The van der Waals surface area contributed by atoms with Crippen LogP contribution >= 0.6 is 0 Å². The molecule has 0 spiro atoms. The second-order valence-electron chi connectivity index (χ2n) is 8.76. The van der Waals surface area contributed by atoms with E-state index in [0.717, 1.165) is 0 Å². The van der Waals surface area contributed by atoms with Crippen LogP contribution < -0.4 is 0 Å². The van der Waals surface area contributed by atoms with Crippen LogP contribution in [0.15, 0.2) is 0 Å². The Hall–Kier alpha value is -0.306. The van der Waals surface area contributed by atoms with E-state index in [1.165, 1.54) is 4.23 Å². The molecule has 0 atom stereocenters. The van der Waals surface area contributed by atoms with Crippen LogP contribution in [0.25, 0.3) is 0 Å². The highest BCUT2D eigenvalue weighted by Gasteiger charge is 2.59. The Morgan fingerprint density at radius 3 is 1.14 bits per heavy atom. The average Bonchev–Trinajstić information content (AvgIpc) is 2.11. The molecule has 21 heavy (non-hydrogen) atoms. The van der Waals surface area contributed by atoms with Gasteiger partial charge in [-0.1, -0.05) is 67.7 Å². The SMILES string of the molecule is CC(C)(C)[Si](C)(C)N(C(=O)C(F)(F)F)[Si](C)(C)C(C)(C)C. The van der Waals surface area contributed by atoms with Gasteiger partial charge in [0.1, 0.15) is 16.5 Å². The van der Waals surface area contributed by atoms with Crippen molar-refractivity contribution >= 4 is 22.4 Å². The van der Waals surface area contributed by atoms with E-state index in [1.807, 2.05) is 67.7 Å². The van der Waals surface area contributed by atoms with E-state index >= 15 is 0 Å². The molecule has 0 heterocycles. The van der Waals surface area contributed by atoms with Gasteiger partial charge in [0.2, 0.25) is 0 Å². The van der Waals surface area contributed by atoms with E-state index in [2.05, 4.69) is 0 Å². The van der Waals surface area contributed by atoms with Crippen LogP contribution in [-0.4, -0.2) is 32.8 Å². The van der Waals surface area contributed by atoms with Crippen molar-refractivity contribution < 1.29 is 18.0 Å². The smallest absolute Gasteiger partial charge is 0.387 e. The molecule has 7 heteroatoms. The largest absolute Gasteiger partial charge is 0.469 e. The molecule has 0 aliphatic carbocycles. The van der Waals surface area contributed by atoms with Crippen LogP contribution in [0.4, 0.5) is 13.2 Å². The van der Waals surface area contributed by atoms with Gasteiger partial charge in [-0.05, 0) is 10.1 Å². The van der Waals surface area contributed by atoms with E-state index in [4.69, 9.17) is 0 Å². The summed E-state index contributed by atoms with van der Waals surface area (Å²) < 4.78 is 40.9. The van der Waals surface area contributed by atoms with Crippen molar-refractivity contribution in [3.05, 3.63) is 0 Å². The summed E-state index contributed by atoms with van der Waals surface area (Å²) >= 11 is 0. The molecule has 0 aromatic carbocycles. The van der Waals surface area contributed by atoms with Gasteiger partial charge in [0.05, 0.1) is 0 Å². The zero-order valence-electron chi connectivity index (χ0n) is 15.0. The Labute approximate surface area is 129 Å². The van der Waals surface area contributed by atoms with Crippen molar-refractivity contribution in [3.63, 3.8) is 0 Å². The summed E-state index contributed by atoms with van der Waals surface area (Å²) in [4.78, 5) is 12.2. The summed E-state index contributed by atoms with van der Waals surface area (Å²) in [5, 5.41) is -0.660. The van der Waals surface area contributed by atoms with E-state index < -0.39 is 28.6 Å². The van der Waals surface area contributed by atoms with E-state index in [1.54, 1.807) is 0 Å². The van der Waals surface area contributed by atoms with Crippen LogP contribution in [0, 0.1) is 0 Å². The molecule has 0 aromatic heterocycles. The Balaban J connectivity index is 6.27. The minimum atomic E-state index is -4.81. The zero-order chi connectivity index (χ0) is 17.7. The fourth-order valence-corrected chi connectivity index (χ4v) is 12.2. The molecule has 0 unspecified atom stereocenters. The predicted octanol–water partition coefficient (Wildman–Crippen LogP) is 5.39. The number of amides is 1. The van der Waals surface area contributed by atoms with Crippen LogP contribution in [0.5, 0.6) is 0 Å². The Morgan fingerprint density at radius 2 is 1.00 bits per heavy atom. The molecule has 0 aromatic rings. The molecule has 126 valence electrons. The molecule has 0 aliphatic rings. The third kappa shape index (κ3) is 3.91. The van der Waals surface area contributed by atoms with Crippen molar-refractivity contribution in [2.75, 3.05) is 0 Å². The monoisotopic (exact) mass is 341 g/mol. The molecule has 0 rings (SSSR count). The molecule has 0 saturated heterocycles. The molecule has 0 aliphatic heterocycles. The summed E-state index contributed by atoms with van der Waals surface area (Å²) in [5.41, 5.74) is 0. The molecule has 2 nitrogen and oxygen atoms in total. The van der Waals surface area contributed by atoms with Crippen molar-refractivity contribution in [1.29, 1.82) is 0 Å². The third-order valence-corrected chi connectivity index (χ3v) is 18.6. The Bertz CT molecular complexity index is 378. The standard InChI is InChI=1S/C14H30F3NOSi2/c1-12(2,3)20(7,8)18(11(19)14(15,16)17)21(9,10)13(4,5)6/h1-10H3. The molecule has 0 radical (unpaired) electrons. The van der Waals surface area contributed by atoms with Crippen LogP contribution in [0.2, 0.25) is 36.3 Å². The van der Waals surface area contributed by atoms with Gasteiger partial charge in [-0.15, -0.1) is 0 Å². The van der Waals surface area contributed by atoms with Gasteiger partial charge >= 0.3 is 12.1 Å². The average molecular weight is 342 g/mol. The number of carbonyl (C=O) groups is 1. The second kappa shape index (κ2) is 5.40. The fraction of sp³-hybridized carbons (Fsp3) is 0.929. The van der Waals surface area contributed by atoms with Gasteiger partial charge in [0.15, 0.2) is 0 Å². The highest BCUT2D eigenvalue weighted by Crippen LogP contribution is 2.48. The lowest BCUT2D eigenvalue weighted by Gasteiger charge is -2.56. The number of halogens is 3. The first-order valence-electron chi connectivity index (χ1n) is 7.19. The maximum atomic E-state index is 13.2. The predicted molar refractivity (Wildman–Crippen MR) is 87.3 cm³/mol. The summed E-state index contributed by atoms with van der Waals surface area (Å²) in [7, 11) is -5.25. The Kier molecular flexibility index (Phi) is 5.32. The summed E-state index contributed by atoms with van der Waals surface area (Å²) in [6.45, 7) is 19.1. The zero-order valence-corrected chi connectivity index (χ0v) is 17.0. The topological polar surface area (TPSA) is 20.3 Å².